The van der Waals surface area contributed by atoms with Gasteiger partial charge in [0.05, 0.1) is 7.11 Å². The van der Waals surface area contributed by atoms with Gasteiger partial charge in [-0.1, -0.05) is 41.9 Å². The molecule has 0 aliphatic carbocycles. The molecule has 1 aliphatic heterocycles. The fourth-order valence-electron chi connectivity index (χ4n) is 3.77. The van der Waals surface area contributed by atoms with Crippen LogP contribution in [0.5, 0.6) is 11.5 Å². The summed E-state index contributed by atoms with van der Waals surface area (Å²) in [4.78, 5) is 23.4. The van der Waals surface area contributed by atoms with E-state index in [-0.39, 0.29) is 24.9 Å². The van der Waals surface area contributed by atoms with E-state index >= 15 is 0 Å². The van der Waals surface area contributed by atoms with Crippen molar-refractivity contribution in [1.29, 1.82) is 0 Å². The molecule has 1 heterocycles. The lowest BCUT2D eigenvalue weighted by Gasteiger charge is -2.28. The van der Waals surface area contributed by atoms with Gasteiger partial charge in [-0.25, -0.2) is 0 Å². The largest absolute Gasteiger partial charge is 0.493 e. The molecule has 3 aromatic rings. The van der Waals surface area contributed by atoms with Crippen LogP contribution in [0.3, 0.4) is 0 Å². The summed E-state index contributed by atoms with van der Waals surface area (Å²) in [6, 6.07) is 15.3. The van der Waals surface area contributed by atoms with Crippen LogP contribution in [-0.4, -0.2) is 25.5 Å². The molecule has 0 saturated carbocycles. The lowest BCUT2D eigenvalue weighted by molar-refractivity contribution is -0.120. The summed E-state index contributed by atoms with van der Waals surface area (Å²) in [5.74, 6) is -0.202. The maximum absolute atomic E-state index is 12.4. The van der Waals surface area contributed by atoms with Crippen LogP contribution in [0.2, 0.25) is 5.02 Å². The quantitative estimate of drug-likeness (QED) is 0.668. The van der Waals surface area contributed by atoms with Crippen LogP contribution in [0, 0.1) is 0 Å². The number of methoxy groups -OCH3 is 1. The van der Waals surface area contributed by atoms with Crippen LogP contribution in [0.4, 0.5) is 5.69 Å². The number of fused-ring (bicyclic) bond motifs is 3. The Balaban J connectivity index is 1.86. The number of nitrogens with two attached hydrogens (primary N) is 1. The number of rotatable bonds is 5. The fraction of sp³-hybridized carbons (Fsp3) is 0.182. The van der Waals surface area contributed by atoms with Crippen molar-refractivity contribution in [3.63, 3.8) is 0 Å². The highest BCUT2D eigenvalue weighted by molar-refractivity contribution is 6.31. The van der Waals surface area contributed by atoms with Crippen molar-refractivity contribution >= 4 is 39.9 Å². The minimum atomic E-state index is -0.600. The van der Waals surface area contributed by atoms with Crippen LogP contribution < -0.4 is 20.5 Å². The first-order chi connectivity index (χ1) is 14.0. The van der Waals surface area contributed by atoms with Gasteiger partial charge in [0.25, 0.3) is 5.91 Å². The molecular weight excluding hydrogens is 392 g/mol. The smallest absolute Gasteiger partial charge is 0.255 e. The Kier molecular flexibility index (Phi) is 5.03. The third-order valence-corrected chi connectivity index (χ3v) is 5.34. The molecule has 4 rings (SSSR count). The van der Waals surface area contributed by atoms with Crippen molar-refractivity contribution in [3.8, 4) is 11.5 Å². The summed E-state index contributed by atoms with van der Waals surface area (Å²) in [5, 5.41) is 5.51. The average Bonchev–Trinajstić information content (AvgIpc) is 2.71. The molecular formula is C22H19ClN2O4. The number of hydrogen-bond donors (Lipinski definition) is 2. The first kappa shape index (κ1) is 19.1. The second kappa shape index (κ2) is 7.64. The number of anilines is 1. The molecule has 2 amide bonds. The number of amides is 2. The molecule has 0 saturated heterocycles. The standard InChI is InChI=1S/C22H19ClN2O4/c1-28-18-8-14(16(23)10-19(18)29-11-20(24)26)15-9-21(27)25-17-7-6-12-4-2-3-5-13(12)22(15)17/h2-8,10,15H,9,11H2,1H3,(H2,24,26)(H,25,27)/t15-/m1/s1. The normalized spacial score (nSPS) is 15.5. The predicted molar refractivity (Wildman–Crippen MR) is 112 cm³/mol. The summed E-state index contributed by atoms with van der Waals surface area (Å²) in [7, 11) is 1.50. The maximum Gasteiger partial charge on any atom is 0.255 e. The minimum absolute atomic E-state index is 0.0816. The third kappa shape index (κ3) is 3.59. The lowest BCUT2D eigenvalue weighted by atomic mass is 9.82. The van der Waals surface area contributed by atoms with Crippen molar-refractivity contribution in [3.05, 3.63) is 64.7 Å². The Morgan fingerprint density at radius 2 is 2.00 bits per heavy atom. The maximum atomic E-state index is 12.4. The molecule has 148 valence electrons. The number of halogens is 1. The molecule has 1 atom stereocenters. The molecule has 29 heavy (non-hydrogen) atoms. The van der Waals surface area contributed by atoms with Crippen LogP contribution in [0.15, 0.2) is 48.5 Å². The number of nitrogens with one attached hydrogen (secondary N) is 1. The molecule has 3 aromatic carbocycles. The van der Waals surface area contributed by atoms with Gasteiger partial charge in [0, 0.05) is 29.1 Å². The second-order valence-electron chi connectivity index (χ2n) is 6.83. The SMILES string of the molecule is COc1cc([C@H]2CC(=O)Nc3ccc4ccccc4c32)c(Cl)cc1OCC(N)=O. The highest BCUT2D eigenvalue weighted by Gasteiger charge is 2.30. The minimum Gasteiger partial charge on any atom is -0.493 e. The highest BCUT2D eigenvalue weighted by Crippen LogP contribution is 2.46. The molecule has 3 N–H and O–H groups in total. The van der Waals surface area contributed by atoms with E-state index in [1.807, 2.05) is 36.4 Å². The summed E-state index contributed by atoms with van der Waals surface area (Å²) in [6.45, 7) is -0.286. The van der Waals surface area contributed by atoms with Gasteiger partial charge in [0.15, 0.2) is 18.1 Å². The Morgan fingerprint density at radius 1 is 1.21 bits per heavy atom. The van der Waals surface area contributed by atoms with Crippen molar-refractivity contribution < 1.29 is 19.1 Å². The molecule has 0 bridgehead atoms. The monoisotopic (exact) mass is 410 g/mol. The van der Waals surface area contributed by atoms with Gasteiger partial charge in [0.1, 0.15) is 0 Å². The molecule has 0 fully saturated rings. The van der Waals surface area contributed by atoms with E-state index in [9.17, 15) is 9.59 Å². The Labute approximate surface area is 172 Å². The number of carbonyl (C=O) groups is 2. The fourth-order valence-corrected chi connectivity index (χ4v) is 4.06. The number of hydrogen-bond acceptors (Lipinski definition) is 4. The van der Waals surface area contributed by atoms with E-state index in [4.69, 9.17) is 26.8 Å². The molecule has 6 nitrogen and oxygen atoms in total. The van der Waals surface area contributed by atoms with Gasteiger partial charge in [0.2, 0.25) is 5.91 Å². The van der Waals surface area contributed by atoms with E-state index in [1.165, 1.54) is 7.11 Å². The van der Waals surface area contributed by atoms with E-state index in [0.717, 1.165) is 27.6 Å². The van der Waals surface area contributed by atoms with Gasteiger partial charge in [-0.05, 0) is 34.0 Å². The van der Waals surface area contributed by atoms with Gasteiger partial charge >= 0.3 is 0 Å². The summed E-state index contributed by atoms with van der Waals surface area (Å²) < 4.78 is 10.8. The van der Waals surface area contributed by atoms with Crippen molar-refractivity contribution in [2.24, 2.45) is 5.73 Å². The number of benzene rings is 3. The first-order valence-electron chi connectivity index (χ1n) is 9.08. The molecule has 1 aliphatic rings. The van der Waals surface area contributed by atoms with Crippen LogP contribution in [0.25, 0.3) is 10.8 Å². The number of ether oxygens (including phenoxy) is 2. The van der Waals surface area contributed by atoms with Gasteiger partial charge < -0.3 is 20.5 Å². The Morgan fingerprint density at radius 3 is 2.76 bits per heavy atom. The van der Waals surface area contributed by atoms with Crippen LogP contribution in [-0.2, 0) is 9.59 Å². The highest BCUT2D eigenvalue weighted by atomic mass is 35.5. The van der Waals surface area contributed by atoms with E-state index in [2.05, 4.69) is 5.32 Å². The van der Waals surface area contributed by atoms with Gasteiger partial charge in [-0.2, -0.15) is 0 Å². The number of primary amides is 1. The Hall–Kier alpha value is -3.25. The zero-order chi connectivity index (χ0) is 20.5. The summed E-state index contributed by atoms with van der Waals surface area (Å²) in [6.07, 6.45) is 0.255. The molecule has 0 unspecified atom stereocenters. The molecule has 0 spiro atoms. The topological polar surface area (TPSA) is 90.7 Å². The molecule has 0 radical (unpaired) electrons. The predicted octanol–water partition coefficient (Wildman–Crippen LogP) is 3.84. The second-order valence-corrected chi connectivity index (χ2v) is 7.24. The molecule has 0 aromatic heterocycles. The van der Waals surface area contributed by atoms with Crippen molar-refractivity contribution in [2.75, 3.05) is 19.0 Å². The van der Waals surface area contributed by atoms with Gasteiger partial charge in [-0.3, -0.25) is 9.59 Å². The lowest BCUT2D eigenvalue weighted by Crippen LogP contribution is -2.24. The summed E-state index contributed by atoms with van der Waals surface area (Å²) >= 11 is 6.59. The van der Waals surface area contributed by atoms with E-state index in [1.54, 1.807) is 12.1 Å². The average molecular weight is 411 g/mol. The van der Waals surface area contributed by atoms with Crippen molar-refractivity contribution in [2.45, 2.75) is 12.3 Å². The zero-order valence-corrected chi connectivity index (χ0v) is 16.5. The third-order valence-electron chi connectivity index (χ3n) is 5.01. The van der Waals surface area contributed by atoms with Crippen LogP contribution >= 0.6 is 11.6 Å². The van der Waals surface area contributed by atoms with Crippen molar-refractivity contribution in [1.82, 2.24) is 0 Å². The summed E-state index contributed by atoms with van der Waals surface area (Å²) in [5.41, 5.74) is 7.69. The van der Waals surface area contributed by atoms with E-state index in [0.29, 0.717) is 16.5 Å². The first-order valence-corrected chi connectivity index (χ1v) is 9.45. The van der Waals surface area contributed by atoms with E-state index < -0.39 is 5.91 Å². The Bertz CT molecular complexity index is 1130. The number of carbonyl (C=O) groups excluding carboxylic acids is 2. The zero-order valence-electron chi connectivity index (χ0n) is 15.7. The van der Waals surface area contributed by atoms with Crippen LogP contribution in [0.1, 0.15) is 23.5 Å². The molecule has 7 heteroatoms. The van der Waals surface area contributed by atoms with Gasteiger partial charge in [-0.15, -0.1) is 0 Å².